The van der Waals surface area contributed by atoms with Gasteiger partial charge in [0.1, 0.15) is 0 Å². The molecule has 2 aliphatic rings. The fourth-order valence-corrected chi connectivity index (χ4v) is 5.37. The third kappa shape index (κ3) is 8.98. The second-order valence-corrected chi connectivity index (χ2v) is 10.3. The summed E-state index contributed by atoms with van der Waals surface area (Å²) in [5, 5.41) is 0. The van der Waals surface area contributed by atoms with Gasteiger partial charge in [0.15, 0.2) is 0 Å². The van der Waals surface area contributed by atoms with Gasteiger partial charge in [-0.1, -0.05) is 83.0 Å². The van der Waals surface area contributed by atoms with E-state index < -0.39 is 0 Å². The average Bonchev–Trinajstić information content (AvgIpc) is 2.84. The molecule has 0 spiro atoms. The second kappa shape index (κ2) is 14.4. The van der Waals surface area contributed by atoms with Crippen LogP contribution in [-0.4, -0.2) is 9.97 Å². The Hall–Kier alpha value is -1.80. The zero-order chi connectivity index (χ0) is 22.4. The van der Waals surface area contributed by atoms with Crippen LogP contribution < -0.4 is 0 Å². The molecule has 0 unspecified atom stereocenters. The van der Waals surface area contributed by atoms with Crippen LogP contribution in [0.1, 0.15) is 128 Å². The van der Waals surface area contributed by atoms with Gasteiger partial charge >= 0.3 is 0 Å². The van der Waals surface area contributed by atoms with Crippen molar-refractivity contribution >= 4 is 0 Å². The minimum atomic E-state index is 0.526. The first-order valence-corrected chi connectivity index (χ1v) is 13.6. The minimum Gasteiger partial charge on any atom is -0.228 e. The summed E-state index contributed by atoms with van der Waals surface area (Å²) in [7, 11) is 0. The van der Waals surface area contributed by atoms with Gasteiger partial charge in [-0.2, -0.15) is 0 Å². The smallest absolute Gasteiger partial charge is 0.204 e. The van der Waals surface area contributed by atoms with Crippen molar-refractivity contribution in [1.29, 1.82) is 0 Å². The maximum atomic E-state index is 4.46. The lowest BCUT2D eigenvalue weighted by molar-refractivity contribution is 0.294. The van der Waals surface area contributed by atoms with Gasteiger partial charge in [0.05, 0.1) is 5.56 Å². The van der Waals surface area contributed by atoms with Crippen LogP contribution in [0.15, 0.2) is 12.4 Å². The van der Waals surface area contributed by atoms with Crippen molar-refractivity contribution in [2.45, 2.75) is 117 Å². The van der Waals surface area contributed by atoms with E-state index in [1.807, 2.05) is 12.4 Å². The first kappa shape index (κ1) is 24.8. The fourth-order valence-electron chi connectivity index (χ4n) is 5.37. The first-order valence-electron chi connectivity index (χ1n) is 13.6. The van der Waals surface area contributed by atoms with Crippen LogP contribution in [0, 0.1) is 47.4 Å². The van der Waals surface area contributed by atoms with Gasteiger partial charge in [0, 0.05) is 24.2 Å². The Balaban J connectivity index is 1.39. The summed E-state index contributed by atoms with van der Waals surface area (Å²) in [6.07, 6.45) is 25.2. The fraction of sp³-hybridized carbons (Fsp3) is 0.733. The summed E-state index contributed by atoms with van der Waals surface area (Å²) >= 11 is 0. The molecular formula is C30H44N2. The lowest BCUT2D eigenvalue weighted by atomic mass is 9.80. The third-order valence-electron chi connectivity index (χ3n) is 7.59. The molecular weight excluding hydrogens is 388 g/mol. The van der Waals surface area contributed by atoms with Crippen LogP contribution in [-0.2, 0) is 0 Å². The lowest BCUT2D eigenvalue weighted by Crippen LogP contribution is -2.13. The van der Waals surface area contributed by atoms with Gasteiger partial charge in [-0.15, -0.1) is 0 Å². The van der Waals surface area contributed by atoms with Crippen molar-refractivity contribution in [2.24, 2.45) is 23.7 Å². The number of unbranched alkanes of at least 4 members (excludes halogenated alkanes) is 4. The molecule has 32 heavy (non-hydrogen) atoms. The molecule has 0 atom stereocenters. The van der Waals surface area contributed by atoms with Gasteiger partial charge in [0.2, 0.25) is 5.82 Å². The quantitative estimate of drug-likeness (QED) is 0.307. The van der Waals surface area contributed by atoms with Crippen molar-refractivity contribution in [2.75, 3.05) is 0 Å². The molecule has 0 aliphatic heterocycles. The molecule has 2 fully saturated rings. The van der Waals surface area contributed by atoms with E-state index in [0.717, 1.165) is 17.4 Å². The molecule has 1 aromatic heterocycles. The summed E-state index contributed by atoms with van der Waals surface area (Å²) in [5.74, 6) is 17.1. The molecule has 2 heteroatoms. The molecule has 2 nitrogen and oxygen atoms in total. The Bertz CT molecular complexity index is 690. The molecule has 1 aromatic rings. The zero-order valence-corrected chi connectivity index (χ0v) is 20.7. The van der Waals surface area contributed by atoms with E-state index in [0.29, 0.717) is 17.7 Å². The van der Waals surface area contributed by atoms with Crippen molar-refractivity contribution in [3.05, 3.63) is 23.8 Å². The van der Waals surface area contributed by atoms with E-state index in [2.05, 4.69) is 47.5 Å². The highest BCUT2D eigenvalue weighted by Gasteiger charge is 2.20. The molecule has 0 N–H and O–H groups in total. The van der Waals surface area contributed by atoms with Crippen LogP contribution in [0.25, 0.3) is 0 Å². The molecule has 1 heterocycles. The van der Waals surface area contributed by atoms with E-state index in [1.165, 1.54) is 103 Å². The van der Waals surface area contributed by atoms with Gasteiger partial charge in [-0.3, -0.25) is 0 Å². The molecule has 3 rings (SSSR count). The Labute approximate surface area is 197 Å². The van der Waals surface area contributed by atoms with Gasteiger partial charge in [0.25, 0.3) is 0 Å². The minimum absolute atomic E-state index is 0.526. The van der Waals surface area contributed by atoms with E-state index in [9.17, 15) is 0 Å². The number of hydrogen-bond acceptors (Lipinski definition) is 2. The first-order chi connectivity index (χ1) is 15.8. The summed E-state index contributed by atoms with van der Waals surface area (Å²) < 4.78 is 0. The van der Waals surface area contributed by atoms with E-state index >= 15 is 0 Å². The Morgan fingerprint density at radius 2 is 1.12 bits per heavy atom. The summed E-state index contributed by atoms with van der Waals surface area (Å²) in [5.41, 5.74) is 0.924. The molecule has 0 amide bonds. The second-order valence-electron chi connectivity index (χ2n) is 10.3. The molecule has 174 valence electrons. The van der Waals surface area contributed by atoms with Crippen LogP contribution in [0.5, 0.6) is 0 Å². The Morgan fingerprint density at radius 3 is 1.59 bits per heavy atom. The largest absolute Gasteiger partial charge is 0.228 e. The maximum Gasteiger partial charge on any atom is 0.204 e. The average molecular weight is 433 g/mol. The molecule has 0 saturated heterocycles. The Morgan fingerprint density at radius 1 is 0.656 bits per heavy atom. The topological polar surface area (TPSA) is 25.8 Å². The van der Waals surface area contributed by atoms with Crippen molar-refractivity contribution in [3.8, 4) is 23.7 Å². The third-order valence-corrected chi connectivity index (χ3v) is 7.59. The number of rotatable bonds is 8. The highest BCUT2D eigenvalue weighted by Crippen LogP contribution is 2.32. The molecule has 0 aromatic carbocycles. The standard InChI is InChI=1S/C30H44N2/c1-3-5-7-9-25-11-15-27(16-12-25)19-20-29-23-31-30(32-24-29)22-21-28-17-13-26(14-18-28)10-8-6-4-2/h23-28H,3-18H2,1-2H3. The molecule has 2 saturated carbocycles. The van der Waals surface area contributed by atoms with Gasteiger partial charge in [-0.05, 0) is 69.1 Å². The van der Waals surface area contributed by atoms with Gasteiger partial charge < -0.3 is 0 Å². The maximum absolute atomic E-state index is 4.46. The van der Waals surface area contributed by atoms with Crippen LogP contribution in [0.4, 0.5) is 0 Å². The monoisotopic (exact) mass is 432 g/mol. The molecule has 0 radical (unpaired) electrons. The molecule has 2 aliphatic carbocycles. The van der Waals surface area contributed by atoms with E-state index in [-0.39, 0.29) is 0 Å². The Kier molecular flexibility index (Phi) is 11.2. The van der Waals surface area contributed by atoms with Crippen molar-refractivity contribution < 1.29 is 0 Å². The van der Waals surface area contributed by atoms with Crippen molar-refractivity contribution in [3.63, 3.8) is 0 Å². The lowest BCUT2D eigenvalue weighted by Gasteiger charge is -2.25. The highest BCUT2D eigenvalue weighted by molar-refractivity contribution is 5.32. The number of hydrogen-bond donors (Lipinski definition) is 0. The van der Waals surface area contributed by atoms with Gasteiger partial charge in [-0.25, -0.2) is 9.97 Å². The van der Waals surface area contributed by atoms with Crippen LogP contribution >= 0.6 is 0 Å². The van der Waals surface area contributed by atoms with Crippen molar-refractivity contribution in [1.82, 2.24) is 9.97 Å². The SMILES string of the molecule is CCCCCC1CCC(C#Cc2cnc(C#CC3CCC(CCCCC)CC3)nc2)CC1. The predicted octanol–water partition coefficient (Wildman–Crippen LogP) is 7.95. The predicted molar refractivity (Wildman–Crippen MR) is 135 cm³/mol. The zero-order valence-electron chi connectivity index (χ0n) is 20.7. The highest BCUT2D eigenvalue weighted by atomic mass is 14.8. The van der Waals surface area contributed by atoms with Crippen LogP contribution in [0.3, 0.4) is 0 Å². The molecule has 0 bridgehead atoms. The number of nitrogens with zero attached hydrogens (tertiary/aromatic N) is 2. The van der Waals surface area contributed by atoms with E-state index in [4.69, 9.17) is 0 Å². The summed E-state index contributed by atoms with van der Waals surface area (Å²) in [6, 6.07) is 0. The normalized spacial score (nSPS) is 25.3. The summed E-state index contributed by atoms with van der Waals surface area (Å²) in [4.78, 5) is 8.92. The number of aromatic nitrogens is 2. The van der Waals surface area contributed by atoms with E-state index in [1.54, 1.807) is 0 Å². The summed E-state index contributed by atoms with van der Waals surface area (Å²) in [6.45, 7) is 4.57. The van der Waals surface area contributed by atoms with Crippen LogP contribution in [0.2, 0.25) is 0 Å².